The Balaban J connectivity index is 2.06. The summed E-state index contributed by atoms with van der Waals surface area (Å²) in [4.78, 5) is 0. The summed E-state index contributed by atoms with van der Waals surface area (Å²) in [6.07, 6.45) is 7.05. The Morgan fingerprint density at radius 2 is 1.79 bits per heavy atom. The Hall–Kier alpha value is 0.960. The second-order valence-corrected chi connectivity index (χ2v) is 9.63. The van der Waals surface area contributed by atoms with Crippen molar-refractivity contribution in [1.82, 2.24) is 0 Å². The molecule has 0 N–H and O–H groups in total. The van der Waals surface area contributed by atoms with Gasteiger partial charge < -0.3 is 0 Å². The predicted octanol–water partition coefficient (Wildman–Crippen LogP) is 4.50. The predicted molar refractivity (Wildman–Crippen MR) is 67.2 cm³/mol. The molecule has 4 unspecified atom stereocenters. The molecular formula is C12H18Br2. The largest absolute Gasteiger partial charge is 0.0853 e. The van der Waals surface area contributed by atoms with Gasteiger partial charge in [-0.15, -0.1) is 0 Å². The monoisotopic (exact) mass is 320 g/mol. The van der Waals surface area contributed by atoms with Crippen LogP contribution in [0.1, 0.15) is 46.0 Å². The summed E-state index contributed by atoms with van der Waals surface area (Å²) in [7, 11) is 0. The van der Waals surface area contributed by atoms with Crippen LogP contribution in [0.15, 0.2) is 0 Å². The Morgan fingerprint density at radius 3 is 2.36 bits per heavy atom. The first-order valence-corrected chi connectivity index (χ1v) is 7.31. The van der Waals surface area contributed by atoms with Gasteiger partial charge in [0.2, 0.25) is 0 Å². The molecular weight excluding hydrogens is 304 g/mol. The van der Waals surface area contributed by atoms with Crippen LogP contribution in [0.25, 0.3) is 0 Å². The molecule has 0 spiro atoms. The van der Waals surface area contributed by atoms with Gasteiger partial charge in [-0.1, -0.05) is 45.7 Å². The molecule has 4 atom stereocenters. The van der Waals surface area contributed by atoms with Crippen molar-refractivity contribution in [2.75, 3.05) is 0 Å². The lowest BCUT2D eigenvalue weighted by molar-refractivity contribution is -0.0483. The van der Waals surface area contributed by atoms with Crippen LogP contribution in [0.2, 0.25) is 0 Å². The third-order valence-electron chi connectivity index (χ3n) is 5.27. The minimum absolute atomic E-state index is 0.424. The molecule has 4 aliphatic rings. The van der Waals surface area contributed by atoms with Crippen molar-refractivity contribution in [3.8, 4) is 0 Å². The van der Waals surface area contributed by atoms with Gasteiger partial charge in [-0.3, -0.25) is 0 Å². The molecule has 0 nitrogen and oxygen atoms in total. The molecule has 4 bridgehead atoms. The lowest BCUT2D eigenvalue weighted by Crippen LogP contribution is -2.63. The molecule has 0 amide bonds. The van der Waals surface area contributed by atoms with Crippen LogP contribution in [0.4, 0.5) is 0 Å². The van der Waals surface area contributed by atoms with Crippen molar-refractivity contribution in [2.45, 2.75) is 54.6 Å². The van der Waals surface area contributed by atoms with Crippen LogP contribution in [0, 0.1) is 17.3 Å². The van der Waals surface area contributed by atoms with Gasteiger partial charge in [-0.2, -0.15) is 0 Å². The third-order valence-corrected chi connectivity index (χ3v) is 7.82. The third kappa shape index (κ3) is 1.10. The fourth-order valence-electron chi connectivity index (χ4n) is 4.35. The van der Waals surface area contributed by atoms with E-state index in [4.69, 9.17) is 0 Å². The van der Waals surface area contributed by atoms with Crippen molar-refractivity contribution >= 4 is 31.9 Å². The van der Waals surface area contributed by atoms with E-state index < -0.39 is 0 Å². The van der Waals surface area contributed by atoms with Gasteiger partial charge in [0, 0.05) is 8.65 Å². The zero-order chi connectivity index (χ0) is 10.2. The molecule has 4 fully saturated rings. The Labute approximate surface area is 103 Å². The minimum atomic E-state index is 0.424. The molecule has 4 rings (SSSR count). The van der Waals surface area contributed by atoms with Crippen molar-refractivity contribution in [2.24, 2.45) is 17.3 Å². The molecule has 80 valence electrons. The highest BCUT2D eigenvalue weighted by Gasteiger charge is 2.64. The van der Waals surface area contributed by atoms with E-state index in [9.17, 15) is 0 Å². The molecule has 4 saturated carbocycles. The van der Waals surface area contributed by atoms with Crippen LogP contribution in [0.3, 0.4) is 0 Å². The molecule has 0 aromatic heterocycles. The van der Waals surface area contributed by atoms with Crippen molar-refractivity contribution in [3.63, 3.8) is 0 Å². The van der Waals surface area contributed by atoms with Gasteiger partial charge in [-0.25, -0.2) is 0 Å². The van der Waals surface area contributed by atoms with Gasteiger partial charge in [-0.05, 0) is 49.4 Å². The number of halogens is 2. The molecule has 0 heterocycles. The van der Waals surface area contributed by atoms with Crippen LogP contribution >= 0.6 is 31.9 Å². The van der Waals surface area contributed by atoms with Crippen LogP contribution in [-0.4, -0.2) is 8.65 Å². The lowest BCUT2D eigenvalue weighted by atomic mass is 9.46. The van der Waals surface area contributed by atoms with Gasteiger partial charge in [0.15, 0.2) is 0 Å². The fourth-order valence-corrected chi connectivity index (χ4v) is 7.37. The van der Waals surface area contributed by atoms with E-state index in [0.717, 1.165) is 11.8 Å². The highest BCUT2D eigenvalue weighted by atomic mass is 79.9. The van der Waals surface area contributed by atoms with E-state index in [-0.39, 0.29) is 0 Å². The van der Waals surface area contributed by atoms with E-state index in [2.05, 4.69) is 45.7 Å². The van der Waals surface area contributed by atoms with E-state index in [0.29, 0.717) is 14.1 Å². The second-order valence-electron chi connectivity index (χ2n) is 6.43. The van der Waals surface area contributed by atoms with E-state index in [1.165, 1.54) is 32.1 Å². The van der Waals surface area contributed by atoms with Crippen molar-refractivity contribution < 1.29 is 0 Å². The zero-order valence-electron chi connectivity index (χ0n) is 8.95. The van der Waals surface area contributed by atoms with Gasteiger partial charge in [0.25, 0.3) is 0 Å². The number of rotatable bonds is 0. The maximum atomic E-state index is 4.08. The van der Waals surface area contributed by atoms with E-state index in [1.807, 2.05) is 0 Å². The molecule has 0 saturated heterocycles. The second kappa shape index (κ2) is 2.61. The topological polar surface area (TPSA) is 0 Å². The minimum Gasteiger partial charge on any atom is -0.0853 e. The molecule has 0 radical (unpaired) electrons. The highest BCUT2D eigenvalue weighted by molar-refractivity contribution is 9.10. The summed E-state index contributed by atoms with van der Waals surface area (Å²) >= 11 is 8.10. The summed E-state index contributed by atoms with van der Waals surface area (Å²) in [5.74, 6) is 1.91. The smallest absolute Gasteiger partial charge is 0.0327 e. The maximum Gasteiger partial charge on any atom is 0.0327 e. The van der Waals surface area contributed by atoms with Crippen LogP contribution in [0.5, 0.6) is 0 Å². The summed E-state index contributed by atoms with van der Waals surface area (Å²) < 4.78 is 0.908. The average molecular weight is 322 g/mol. The SMILES string of the molecule is CC1(C)C2CC3CC(Br)(C2)CC1(Br)C3. The molecule has 2 heteroatoms. The first-order chi connectivity index (χ1) is 6.35. The maximum absolute atomic E-state index is 4.08. The number of hydrogen-bond donors (Lipinski definition) is 0. The fraction of sp³-hybridized carbons (Fsp3) is 1.00. The zero-order valence-corrected chi connectivity index (χ0v) is 12.1. The summed E-state index contributed by atoms with van der Waals surface area (Å²) in [5.41, 5.74) is 0.501. The quantitative estimate of drug-likeness (QED) is 0.576. The Kier molecular flexibility index (Phi) is 1.89. The Morgan fingerprint density at radius 1 is 1.07 bits per heavy atom. The summed E-state index contributed by atoms with van der Waals surface area (Å²) in [5, 5.41) is 0. The molecule has 0 aliphatic heterocycles. The summed E-state index contributed by atoms with van der Waals surface area (Å²) in [6, 6.07) is 0. The van der Waals surface area contributed by atoms with Gasteiger partial charge in [0.05, 0.1) is 0 Å². The number of hydrogen-bond acceptors (Lipinski definition) is 0. The van der Waals surface area contributed by atoms with Gasteiger partial charge >= 0.3 is 0 Å². The van der Waals surface area contributed by atoms with Crippen LogP contribution < -0.4 is 0 Å². The van der Waals surface area contributed by atoms with E-state index in [1.54, 1.807) is 0 Å². The molecule has 0 aromatic rings. The first-order valence-electron chi connectivity index (χ1n) is 5.73. The van der Waals surface area contributed by atoms with Crippen LogP contribution in [-0.2, 0) is 0 Å². The van der Waals surface area contributed by atoms with Gasteiger partial charge in [0.1, 0.15) is 0 Å². The molecule has 4 aliphatic carbocycles. The van der Waals surface area contributed by atoms with Crippen molar-refractivity contribution in [1.29, 1.82) is 0 Å². The summed E-state index contributed by atoms with van der Waals surface area (Å²) in [6.45, 7) is 4.95. The molecule has 0 aromatic carbocycles. The Bertz CT molecular complexity index is 286. The number of alkyl halides is 2. The normalized spacial score (nSPS) is 59.1. The average Bonchev–Trinajstić information content (AvgIpc) is 1.96. The first kappa shape index (κ1) is 10.1. The highest BCUT2D eigenvalue weighted by Crippen LogP contribution is 2.70. The van der Waals surface area contributed by atoms with Crippen molar-refractivity contribution in [3.05, 3.63) is 0 Å². The standard InChI is InChI=1S/C12H18Br2/c1-10(2)9-3-8-4-11(13,6-9)7-12(10,14)5-8/h8-9H,3-7H2,1-2H3. The van der Waals surface area contributed by atoms with E-state index >= 15 is 0 Å². The lowest BCUT2D eigenvalue weighted by Gasteiger charge is -2.66. The molecule has 14 heavy (non-hydrogen) atoms.